The third-order valence-corrected chi connectivity index (χ3v) is 6.61. The summed E-state index contributed by atoms with van der Waals surface area (Å²) in [5.41, 5.74) is 1.74. The molecule has 1 aliphatic rings. The Labute approximate surface area is 204 Å². The molecule has 1 heterocycles. The van der Waals surface area contributed by atoms with Gasteiger partial charge in [-0.05, 0) is 48.4 Å². The average Bonchev–Trinajstić information content (AvgIpc) is 3.03. The van der Waals surface area contributed by atoms with Crippen LogP contribution in [0.4, 0.5) is 5.69 Å². The lowest BCUT2D eigenvalue weighted by Crippen LogP contribution is -2.29. The van der Waals surface area contributed by atoms with Gasteiger partial charge in [-0.2, -0.15) is 0 Å². The van der Waals surface area contributed by atoms with Crippen LogP contribution in [0.15, 0.2) is 47.4 Å². The molecule has 0 unspecified atom stereocenters. The van der Waals surface area contributed by atoms with E-state index >= 15 is 0 Å². The van der Waals surface area contributed by atoms with Crippen molar-refractivity contribution in [3.8, 4) is 0 Å². The minimum absolute atomic E-state index is 0.199. The van der Waals surface area contributed by atoms with Crippen LogP contribution >= 0.6 is 47.2 Å². The zero-order valence-corrected chi connectivity index (χ0v) is 20.0. The number of thiocarbonyl (C=S) groups is 1. The number of amides is 2. The molecule has 32 heavy (non-hydrogen) atoms. The number of ether oxygens (including phenoxy) is 1. The molecule has 0 aromatic heterocycles. The number of thioether (sulfide) groups is 1. The number of nitrogens with one attached hydrogen (secondary N) is 1. The quantitative estimate of drug-likeness (QED) is 0.306. The normalized spacial score (nSPS) is 14.7. The maximum absolute atomic E-state index is 12.7. The Kier molecular flexibility index (Phi) is 8.31. The lowest BCUT2D eigenvalue weighted by atomic mass is 10.1. The molecule has 0 aliphatic carbocycles. The fourth-order valence-electron chi connectivity index (χ4n) is 2.87. The molecule has 6 nitrogen and oxygen atoms in total. The summed E-state index contributed by atoms with van der Waals surface area (Å²) in [5, 5.41) is 3.51. The molecule has 1 aliphatic heterocycles. The van der Waals surface area contributed by atoms with Crippen LogP contribution < -0.4 is 5.32 Å². The minimum Gasteiger partial charge on any atom is -0.465 e. The largest absolute Gasteiger partial charge is 0.465 e. The molecular weight excluding hydrogens is 491 g/mol. The van der Waals surface area contributed by atoms with Gasteiger partial charge in [0.1, 0.15) is 4.32 Å². The summed E-state index contributed by atoms with van der Waals surface area (Å²) in [6, 6.07) is 11.6. The van der Waals surface area contributed by atoms with E-state index in [0.717, 1.165) is 5.56 Å². The highest BCUT2D eigenvalue weighted by atomic mass is 35.5. The van der Waals surface area contributed by atoms with Gasteiger partial charge >= 0.3 is 5.97 Å². The second-order valence-electron chi connectivity index (χ2n) is 6.73. The predicted molar refractivity (Wildman–Crippen MR) is 132 cm³/mol. The first kappa shape index (κ1) is 24.3. The standard InChI is InChI=1S/C22H18Cl2N2O4S2/c1-30-21(29)14-6-4-13(5-7-14)11-18-20(28)26(22(31)32-18)10-2-3-19(27)25-15-8-9-16(23)17(24)12-15/h4-9,11-12H,2-3,10H2,1H3,(H,25,27). The van der Waals surface area contributed by atoms with Crippen molar-refractivity contribution in [1.82, 2.24) is 4.90 Å². The van der Waals surface area contributed by atoms with E-state index in [1.165, 1.54) is 23.8 Å². The molecule has 0 bridgehead atoms. The third-order valence-electron chi connectivity index (χ3n) is 4.49. The van der Waals surface area contributed by atoms with Crippen LogP contribution in [0, 0.1) is 0 Å². The number of esters is 1. The molecule has 2 amide bonds. The van der Waals surface area contributed by atoms with Gasteiger partial charge in [0, 0.05) is 18.7 Å². The Hall–Kier alpha value is -2.39. The second-order valence-corrected chi connectivity index (χ2v) is 9.22. The zero-order valence-electron chi connectivity index (χ0n) is 16.9. The Morgan fingerprint density at radius 3 is 2.53 bits per heavy atom. The van der Waals surface area contributed by atoms with Crippen molar-refractivity contribution >= 4 is 81.0 Å². The maximum atomic E-state index is 12.7. The van der Waals surface area contributed by atoms with Gasteiger partial charge in [-0.3, -0.25) is 14.5 Å². The molecule has 0 atom stereocenters. The van der Waals surface area contributed by atoms with E-state index in [2.05, 4.69) is 10.1 Å². The summed E-state index contributed by atoms with van der Waals surface area (Å²) in [6.07, 6.45) is 2.38. The van der Waals surface area contributed by atoms with Gasteiger partial charge in [-0.25, -0.2) is 4.79 Å². The number of anilines is 1. The van der Waals surface area contributed by atoms with Crippen LogP contribution in [0.5, 0.6) is 0 Å². The van der Waals surface area contributed by atoms with E-state index in [4.69, 9.17) is 35.4 Å². The first-order valence-electron chi connectivity index (χ1n) is 9.47. The van der Waals surface area contributed by atoms with Crippen LogP contribution in [-0.2, 0) is 14.3 Å². The summed E-state index contributed by atoms with van der Waals surface area (Å²) in [4.78, 5) is 38.4. The second kappa shape index (κ2) is 11.0. The number of rotatable bonds is 7. The van der Waals surface area contributed by atoms with Gasteiger partial charge < -0.3 is 10.1 Å². The maximum Gasteiger partial charge on any atom is 0.337 e. The smallest absolute Gasteiger partial charge is 0.337 e. The Bertz CT molecular complexity index is 1100. The predicted octanol–water partition coefficient (Wildman–Crippen LogP) is 5.40. The Balaban J connectivity index is 1.54. The van der Waals surface area contributed by atoms with Crippen molar-refractivity contribution in [2.75, 3.05) is 19.0 Å². The first-order valence-corrected chi connectivity index (χ1v) is 11.4. The minimum atomic E-state index is -0.425. The number of benzene rings is 2. The van der Waals surface area contributed by atoms with E-state index in [1.807, 2.05) is 0 Å². The van der Waals surface area contributed by atoms with Crippen LogP contribution in [0.25, 0.3) is 6.08 Å². The summed E-state index contributed by atoms with van der Waals surface area (Å²) >= 11 is 18.4. The molecule has 0 saturated carbocycles. The first-order chi connectivity index (χ1) is 15.3. The van der Waals surface area contributed by atoms with Gasteiger partial charge in [-0.15, -0.1) is 0 Å². The molecule has 10 heteroatoms. The molecule has 1 N–H and O–H groups in total. The molecule has 2 aromatic rings. The molecular formula is C22H18Cl2N2O4S2. The monoisotopic (exact) mass is 508 g/mol. The van der Waals surface area contributed by atoms with E-state index < -0.39 is 5.97 Å². The van der Waals surface area contributed by atoms with Crippen molar-refractivity contribution < 1.29 is 19.1 Å². The lowest BCUT2D eigenvalue weighted by Gasteiger charge is -2.14. The molecule has 166 valence electrons. The third kappa shape index (κ3) is 6.10. The topological polar surface area (TPSA) is 75.7 Å². The number of nitrogens with zero attached hydrogens (tertiary/aromatic N) is 1. The number of carbonyl (C=O) groups is 3. The van der Waals surface area contributed by atoms with Crippen LogP contribution in [0.1, 0.15) is 28.8 Å². The van der Waals surface area contributed by atoms with Crippen molar-refractivity contribution in [3.63, 3.8) is 0 Å². The van der Waals surface area contributed by atoms with Crippen molar-refractivity contribution in [1.29, 1.82) is 0 Å². The highest BCUT2D eigenvalue weighted by Gasteiger charge is 2.31. The summed E-state index contributed by atoms with van der Waals surface area (Å²) < 4.78 is 5.12. The highest BCUT2D eigenvalue weighted by Crippen LogP contribution is 2.33. The van der Waals surface area contributed by atoms with Gasteiger partial charge in [0.2, 0.25) is 5.91 Å². The summed E-state index contributed by atoms with van der Waals surface area (Å²) in [5.74, 6) is -0.830. The summed E-state index contributed by atoms with van der Waals surface area (Å²) in [6.45, 7) is 0.331. The van der Waals surface area contributed by atoms with Crippen molar-refractivity contribution in [3.05, 3.63) is 68.5 Å². The average molecular weight is 509 g/mol. The Morgan fingerprint density at radius 1 is 1.16 bits per heavy atom. The summed E-state index contributed by atoms with van der Waals surface area (Å²) in [7, 11) is 1.32. The number of carbonyl (C=O) groups excluding carboxylic acids is 3. The lowest BCUT2D eigenvalue weighted by molar-refractivity contribution is -0.122. The molecule has 0 radical (unpaired) electrons. The van der Waals surface area contributed by atoms with E-state index in [-0.39, 0.29) is 18.2 Å². The van der Waals surface area contributed by atoms with E-state index in [1.54, 1.807) is 48.5 Å². The van der Waals surface area contributed by atoms with Gasteiger partial charge in [0.05, 0.1) is 27.6 Å². The highest BCUT2D eigenvalue weighted by molar-refractivity contribution is 8.26. The van der Waals surface area contributed by atoms with Gasteiger partial charge in [0.15, 0.2) is 0 Å². The van der Waals surface area contributed by atoms with Crippen molar-refractivity contribution in [2.45, 2.75) is 12.8 Å². The number of halogens is 2. The number of hydrogen-bond donors (Lipinski definition) is 1. The molecule has 1 fully saturated rings. The number of hydrogen-bond acceptors (Lipinski definition) is 6. The fraction of sp³-hybridized carbons (Fsp3) is 0.182. The van der Waals surface area contributed by atoms with Gasteiger partial charge in [0.25, 0.3) is 5.91 Å². The van der Waals surface area contributed by atoms with Crippen molar-refractivity contribution in [2.24, 2.45) is 0 Å². The molecule has 0 spiro atoms. The molecule has 3 rings (SSSR count). The molecule has 2 aromatic carbocycles. The SMILES string of the molecule is COC(=O)c1ccc(C=C2SC(=S)N(CCCC(=O)Nc3ccc(Cl)c(Cl)c3)C2=O)cc1. The van der Waals surface area contributed by atoms with Crippen LogP contribution in [0.3, 0.4) is 0 Å². The molecule has 1 saturated heterocycles. The zero-order chi connectivity index (χ0) is 23.3. The van der Waals surface area contributed by atoms with Crippen LogP contribution in [-0.4, -0.2) is 40.7 Å². The van der Waals surface area contributed by atoms with E-state index in [9.17, 15) is 14.4 Å². The number of methoxy groups -OCH3 is 1. The van der Waals surface area contributed by atoms with E-state index in [0.29, 0.717) is 43.5 Å². The van der Waals surface area contributed by atoms with Gasteiger partial charge in [-0.1, -0.05) is 59.3 Å². The Morgan fingerprint density at radius 2 is 1.88 bits per heavy atom. The van der Waals surface area contributed by atoms with Crippen LogP contribution in [0.2, 0.25) is 10.0 Å². The fourth-order valence-corrected chi connectivity index (χ4v) is 4.48.